The predicted molar refractivity (Wildman–Crippen MR) is 90.7 cm³/mol. The lowest BCUT2D eigenvalue weighted by Gasteiger charge is -2.11. The molecule has 7 nitrogen and oxygen atoms in total. The highest BCUT2D eigenvalue weighted by Gasteiger charge is 2.15. The van der Waals surface area contributed by atoms with E-state index >= 15 is 0 Å². The first kappa shape index (κ1) is 17.9. The van der Waals surface area contributed by atoms with Crippen molar-refractivity contribution in [2.24, 2.45) is 0 Å². The number of phenols is 1. The number of hydrogen-bond acceptors (Lipinski definition) is 5. The van der Waals surface area contributed by atoms with E-state index in [-0.39, 0.29) is 22.9 Å². The lowest BCUT2D eigenvalue weighted by molar-refractivity contribution is -0.132. The number of benzene rings is 2. The number of carbonyl (C=O) groups is 2. The van der Waals surface area contributed by atoms with E-state index in [4.69, 9.17) is 9.47 Å². The molecule has 0 bridgehead atoms. The number of amides is 1. The second-order valence-electron chi connectivity index (χ2n) is 4.96. The maximum absolute atomic E-state index is 12.1. The molecule has 3 N–H and O–H groups in total. The molecule has 0 fully saturated rings. The van der Waals surface area contributed by atoms with Gasteiger partial charge in [0.05, 0.1) is 14.2 Å². The minimum atomic E-state index is -1.31. The molecule has 7 heteroatoms. The monoisotopic (exact) mass is 343 g/mol. The Morgan fingerprint density at radius 2 is 1.60 bits per heavy atom. The highest BCUT2D eigenvalue weighted by atomic mass is 16.5. The number of carbonyl (C=O) groups excluding carboxylic acids is 1. The Balaban J connectivity index is 2.37. The summed E-state index contributed by atoms with van der Waals surface area (Å²) in [4.78, 5) is 23.6. The molecule has 0 aliphatic rings. The summed E-state index contributed by atoms with van der Waals surface area (Å²) in [6, 6.07) is 11.1. The van der Waals surface area contributed by atoms with Crippen molar-refractivity contribution in [3.05, 3.63) is 59.3 Å². The molecule has 2 aromatic carbocycles. The number of rotatable bonds is 6. The summed E-state index contributed by atoms with van der Waals surface area (Å²) in [6.07, 6.45) is 1.24. The number of phenolic OH excluding ortho intramolecular Hbond substituents is 1. The first-order valence-electron chi connectivity index (χ1n) is 7.22. The average molecular weight is 343 g/mol. The second-order valence-corrected chi connectivity index (χ2v) is 4.96. The Bertz CT molecular complexity index is 789. The fourth-order valence-corrected chi connectivity index (χ4v) is 2.10. The number of carboxylic acid groups (broad SMARTS) is 1. The van der Waals surface area contributed by atoms with Crippen LogP contribution in [0.5, 0.6) is 17.2 Å². The van der Waals surface area contributed by atoms with Crippen LogP contribution in [0.4, 0.5) is 0 Å². The van der Waals surface area contributed by atoms with Gasteiger partial charge in [0.1, 0.15) is 5.70 Å². The van der Waals surface area contributed by atoms with E-state index in [1.807, 2.05) is 0 Å². The molecule has 0 unspecified atom stereocenters. The van der Waals surface area contributed by atoms with Crippen LogP contribution in [-0.2, 0) is 4.79 Å². The third kappa shape index (κ3) is 4.29. The van der Waals surface area contributed by atoms with E-state index in [9.17, 15) is 19.8 Å². The van der Waals surface area contributed by atoms with E-state index in [2.05, 4.69) is 5.32 Å². The summed E-state index contributed by atoms with van der Waals surface area (Å²) in [5, 5.41) is 21.6. The number of aromatic hydroxyl groups is 1. The molecular formula is C18H17NO6. The first-order valence-corrected chi connectivity index (χ1v) is 7.22. The molecule has 0 atom stereocenters. The zero-order chi connectivity index (χ0) is 18.4. The Kier molecular flexibility index (Phi) is 5.62. The molecule has 25 heavy (non-hydrogen) atoms. The average Bonchev–Trinajstić information content (AvgIpc) is 2.62. The highest BCUT2D eigenvalue weighted by molar-refractivity contribution is 6.02. The summed E-state index contributed by atoms with van der Waals surface area (Å²) in [5.41, 5.74) is 0.372. The van der Waals surface area contributed by atoms with Crippen molar-refractivity contribution >= 4 is 18.0 Å². The normalized spacial score (nSPS) is 10.9. The zero-order valence-electron chi connectivity index (χ0n) is 13.6. The van der Waals surface area contributed by atoms with Crippen molar-refractivity contribution in [2.45, 2.75) is 0 Å². The van der Waals surface area contributed by atoms with Crippen LogP contribution >= 0.6 is 0 Å². The van der Waals surface area contributed by atoms with Crippen molar-refractivity contribution in [2.75, 3.05) is 14.2 Å². The van der Waals surface area contributed by atoms with Gasteiger partial charge in [0, 0.05) is 5.56 Å². The van der Waals surface area contributed by atoms with Gasteiger partial charge in [-0.2, -0.15) is 0 Å². The minimum Gasteiger partial charge on any atom is -0.502 e. The van der Waals surface area contributed by atoms with Crippen molar-refractivity contribution in [1.29, 1.82) is 0 Å². The molecule has 130 valence electrons. The van der Waals surface area contributed by atoms with Gasteiger partial charge in [-0.05, 0) is 35.9 Å². The van der Waals surface area contributed by atoms with E-state index in [0.717, 1.165) is 0 Å². The van der Waals surface area contributed by atoms with Crippen LogP contribution in [0.15, 0.2) is 48.2 Å². The van der Waals surface area contributed by atoms with Gasteiger partial charge in [-0.15, -0.1) is 0 Å². The zero-order valence-corrected chi connectivity index (χ0v) is 13.6. The third-order valence-corrected chi connectivity index (χ3v) is 3.33. The van der Waals surface area contributed by atoms with Gasteiger partial charge in [0.15, 0.2) is 11.5 Å². The van der Waals surface area contributed by atoms with Gasteiger partial charge in [0.2, 0.25) is 5.75 Å². The fraction of sp³-hybridized carbons (Fsp3) is 0.111. The summed E-state index contributed by atoms with van der Waals surface area (Å²) >= 11 is 0. The van der Waals surface area contributed by atoms with Gasteiger partial charge in [-0.25, -0.2) is 4.79 Å². The number of carboxylic acids is 1. The summed E-state index contributed by atoms with van der Waals surface area (Å²) in [5.74, 6) is -1.83. The Hall–Kier alpha value is -3.48. The molecule has 0 aromatic heterocycles. The molecule has 0 radical (unpaired) electrons. The number of aliphatic carboxylic acids is 1. The standard InChI is InChI=1S/C18H17NO6/c1-24-14-9-11(10-15(25-2)16(14)20)8-13(18(22)23)19-17(21)12-6-4-3-5-7-12/h3-10,20H,1-2H3,(H,19,21)(H,22,23)/b13-8+. The van der Waals surface area contributed by atoms with Crippen LogP contribution in [0.25, 0.3) is 6.08 Å². The number of hydrogen-bond donors (Lipinski definition) is 3. The topological polar surface area (TPSA) is 105 Å². The second kappa shape index (κ2) is 7.87. The maximum atomic E-state index is 12.1. The van der Waals surface area contributed by atoms with Gasteiger partial charge in [-0.3, -0.25) is 4.79 Å². The fourth-order valence-electron chi connectivity index (χ4n) is 2.10. The van der Waals surface area contributed by atoms with Crippen LogP contribution in [0.1, 0.15) is 15.9 Å². The molecule has 2 aromatic rings. The molecule has 2 rings (SSSR count). The first-order chi connectivity index (χ1) is 12.0. The van der Waals surface area contributed by atoms with Crippen molar-refractivity contribution in [1.82, 2.24) is 5.32 Å². The highest BCUT2D eigenvalue weighted by Crippen LogP contribution is 2.37. The lowest BCUT2D eigenvalue weighted by Crippen LogP contribution is -2.27. The van der Waals surface area contributed by atoms with E-state index < -0.39 is 11.9 Å². The van der Waals surface area contributed by atoms with Crippen molar-refractivity contribution in [3.8, 4) is 17.2 Å². The summed E-state index contributed by atoms with van der Waals surface area (Å²) in [7, 11) is 2.72. The Morgan fingerprint density at radius 3 is 2.08 bits per heavy atom. The van der Waals surface area contributed by atoms with E-state index in [0.29, 0.717) is 11.1 Å². The summed E-state index contributed by atoms with van der Waals surface area (Å²) in [6.45, 7) is 0. The molecule has 0 saturated heterocycles. The van der Waals surface area contributed by atoms with Crippen LogP contribution in [0.3, 0.4) is 0 Å². The number of ether oxygens (including phenoxy) is 2. The molecule has 1 amide bonds. The maximum Gasteiger partial charge on any atom is 0.352 e. The quantitative estimate of drug-likeness (QED) is 0.695. The van der Waals surface area contributed by atoms with Gasteiger partial charge >= 0.3 is 5.97 Å². The molecule has 0 heterocycles. The third-order valence-electron chi connectivity index (χ3n) is 3.33. The minimum absolute atomic E-state index is 0.115. The number of nitrogens with one attached hydrogen (secondary N) is 1. The molecule has 0 aliphatic carbocycles. The number of methoxy groups -OCH3 is 2. The Morgan fingerprint density at radius 1 is 1.04 bits per heavy atom. The van der Waals surface area contributed by atoms with Gasteiger partial charge in [0.25, 0.3) is 5.91 Å². The van der Waals surface area contributed by atoms with Crippen LogP contribution < -0.4 is 14.8 Å². The van der Waals surface area contributed by atoms with Crippen LogP contribution in [-0.4, -0.2) is 36.3 Å². The van der Waals surface area contributed by atoms with E-state index in [1.54, 1.807) is 30.3 Å². The molecular weight excluding hydrogens is 326 g/mol. The lowest BCUT2D eigenvalue weighted by atomic mass is 10.1. The predicted octanol–water partition coefficient (Wildman–Crippen LogP) is 2.26. The van der Waals surface area contributed by atoms with Crippen LogP contribution in [0.2, 0.25) is 0 Å². The SMILES string of the molecule is COc1cc(/C=C(/NC(=O)c2ccccc2)C(=O)O)cc(OC)c1O. The smallest absolute Gasteiger partial charge is 0.352 e. The van der Waals surface area contributed by atoms with Crippen molar-refractivity contribution < 1.29 is 29.3 Å². The van der Waals surface area contributed by atoms with Crippen LogP contribution in [0, 0.1) is 0 Å². The largest absolute Gasteiger partial charge is 0.502 e. The Labute approximate surface area is 144 Å². The van der Waals surface area contributed by atoms with Crippen molar-refractivity contribution in [3.63, 3.8) is 0 Å². The van der Waals surface area contributed by atoms with Gasteiger partial charge < -0.3 is 25.0 Å². The molecule has 0 aliphatic heterocycles. The van der Waals surface area contributed by atoms with E-state index in [1.165, 1.54) is 32.4 Å². The van der Waals surface area contributed by atoms with Gasteiger partial charge in [-0.1, -0.05) is 18.2 Å². The summed E-state index contributed by atoms with van der Waals surface area (Å²) < 4.78 is 10.1. The molecule has 0 spiro atoms. The molecule has 0 saturated carbocycles.